The summed E-state index contributed by atoms with van der Waals surface area (Å²) in [6.45, 7) is 5.91. The Labute approximate surface area is 368 Å². The van der Waals surface area contributed by atoms with Crippen LogP contribution in [0.25, 0.3) is 0 Å². The number of carboxylic acids is 1. The molecule has 3 aromatic carbocycles. The topological polar surface area (TPSA) is 262 Å². The predicted molar refractivity (Wildman–Crippen MR) is 235 cm³/mol. The zero-order valence-corrected chi connectivity index (χ0v) is 36.5. The molecule has 5 atom stereocenters. The summed E-state index contributed by atoms with van der Waals surface area (Å²) in [6, 6.07) is 7.64. The van der Waals surface area contributed by atoms with Gasteiger partial charge in [-0.2, -0.15) is 0 Å². The molecule has 0 saturated heterocycles. The van der Waals surface area contributed by atoms with E-state index >= 15 is 0 Å². The van der Waals surface area contributed by atoms with Crippen LogP contribution in [0.2, 0.25) is 0 Å². The SMILES string of the molecule is CCCCCCCCCCCC(=O)N[C@@H](C(=O)O)[C@@H]1NC(=O)[C@H](Cc2ccccc2)NC(=O)[C@H](NC(=O)[C@H](N)CC(C)C)Cc2ccc(c([N+](=O)[O-])c2)Oc2cc1cc(O)c2OC. The molecule has 0 radical (unpaired) electrons. The Bertz CT molecular complexity index is 2050. The lowest BCUT2D eigenvalue weighted by molar-refractivity contribution is -0.385. The summed E-state index contributed by atoms with van der Waals surface area (Å²) in [5.41, 5.74) is 6.40. The number of aromatic hydroxyl groups is 1. The third-order valence-electron chi connectivity index (χ3n) is 10.8. The van der Waals surface area contributed by atoms with Gasteiger partial charge >= 0.3 is 11.7 Å². The van der Waals surface area contributed by atoms with Gasteiger partial charge in [0.2, 0.25) is 35.1 Å². The minimum atomic E-state index is -1.84. The van der Waals surface area contributed by atoms with Crippen molar-refractivity contribution in [2.45, 2.75) is 134 Å². The van der Waals surface area contributed by atoms with E-state index in [-0.39, 0.29) is 60.0 Å². The Kier molecular flexibility index (Phi) is 19.2. The number of carbonyl (C=O) groups excluding carboxylic acids is 4. The van der Waals surface area contributed by atoms with E-state index < -0.39 is 76.2 Å². The Morgan fingerprint density at radius 2 is 1.60 bits per heavy atom. The highest BCUT2D eigenvalue weighted by Gasteiger charge is 2.37. The highest BCUT2D eigenvalue weighted by molar-refractivity contribution is 5.94. The molecule has 0 aliphatic carbocycles. The van der Waals surface area contributed by atoms with Crippen LogP contribution in [0.15, 0.2) is 60.7 Å². The van der Waals surface area contributed by atoms with Crippen LogP contribution < -0.4 is 36.5 Å². The summed E-state index contributed by atoms with van der Waals surface area (Å²) in [5, 5.41) is 45.0. The number of nitro benzene ring substituents is 1. The van der Waals surface area contributed by atoms with Gasteiger partial charge in [-0.25, -0.2) is 4.79 Å². The monoisotopic (exact) mass is 874 g/mol. The lowest BCUT2D eigenvalue weighted by Gasteiger charge is -2.30. The van der Waals surface area contributed by atoms with Crippen LogP contribution >= 0.6 is 0 Å². The van der Waals surface area contributed by atoms with E-state index in [0.717, 1.165) is 44.6 Å². The summed E-state index contributed by atoms with van der Waals surface area (Å²) in [7, 11) is 1.22. The Morgan fingerprint density at radius 1 is 0.937 bits per heavy atom. The second kappa shape index (κ2) is 24.4. The molecule has 63 heavy (non-hydrogen) atoms. The maximum absolute atomic E-state index is 14.6. The number of nitro groups is 1. The van der Waals surface area contributed by atoms with E-state index in [1.54, 1.807) is 30.3 Å². The lowest BCUT2D eigenvalue weighted by Crippen LogP contribution is -2.58. The van der Waals surface area contributed by atoms with Crippen LogP contribution in [-0.4, -0.2) is 76.0 Å². The van der Waals surface area contributed by atoms with Crippen LogP contribution in [-0.2, 0) is 36.8 Å². The van der Waals surface area contributed by atoms with E-state index in [0.29, 0.717) is 12.0 Å². The van der Waals surface area contributed by atoms with Crippen LogP contribution in [0, 0.1) is 16.0 Å². The van der Waals surface area contributed by atoms with Gasteiger partial charge in [0.15, 0.2) is 17.5 Å². The Morgan fingerprint density at radius 3 is 2.22 bits per heavy atom. The van der Waals surface area contributed by atoms with Gasteiger partial charge < -0.3 is 46.7 Å². The van der Waals surface area contributed by atoms with Crippen molar-refractivity contribution in [1.29, 1.82) is 0 Å². The quantitative estimate of drug-likeness (QED) is 0.0376. The fraction of sp³-hybridized carbons (Fsp3) is 0.500. The number of hydrogen-bond acceptors (Lipinski definition) is 11. The number of benzene rings is 3. The number of hydrogen-bond donors (Lipinski definition) is 7. The molecule has 0 saturated carbocycles. The molecule has 0 fully saturated rings. The molecule has 4 bridgehead atoms. The van der Waals surface area contributed by atoms with Crippen molar-refractivity contribution in [3.63, 3.8) is 0 Å². The largest absolute Gasteiger partial charge is 0.504 e. The standard InChI is InChI=1S/C46H62N6O11/c1-5-6-7-8-9-10-11-12-16-19-39(54)50-41(46(58)59)40-31-26-36(53)42(62-4)38(27-31)63-37-21-20-30(25-35(37)52(60)61)24-34(48-43(55)32(47)22-28(2)3)44(56)49-33(45(57)51-40)23-29-17-14-13-15-18-29/h13-15,17-18,20-21,25-28,32-34,40-41,53H,5-12,16,19,22-24,47H2,1-4H3,(H,48,55)(H,49,56)(H,50,54)(H,51,57)(H,58,59)/t32-,33+,34-,40-,41-/m1/s1. The molecule has 4 amide bonds. The summed E-state index contributed by atoms with van der Waals surface area (Å²) in [6.07, 6.45) is 8.89. The van der Waals surface area contributed by atoms with E-state index in [1.165, 1.54) is 44.2 Å². The van der Waals surface area contributed by atoms with Crippen molar-refractivity contribution in [3.05, 3.63) is 87.5 Å². The van der Waals surface area contributed by atoms with Gasteiger partial charge in [0.1, 0.15) is 12.1 Å². The number of fused-ring (bicyclic) bond motifs is 9. The van der Waals surface area contributed by atoms with Crippen molar-refractivity contribution in [3.8, 4) is 23.0 Å². The third kappa shape index (κ3) is 15.0. The van der Waals surface area contributed by atoms with Gasteiger partial charge in [-0.15, -0.1) is 0 Å². The molecule has 2 aliphatic rings. The molecule has 3 aromatic rings. The van der Waals surface area contributed by atoms with Gasteiger partial charge in [0.05, 0.1) is 24.1 Å². The van der Waals surface area contributed by atoms with Crippen LogP contribution in [0.3, 0.4) is 0 Å². The molecule has 342 valence electrons. The van der Waals surface area contributed by atoms with E-state index in [9.17, 15) is 44.3 Å². The molecule has 0 unspecified atom stereocenters. The number of carbonyl (C=O) groups is 5. The predicted octanol–water partition coefficient (Wildman–Crippen LogP) is 5.89. The molecule has 0 aromatic heterocycles. The first-order valence-corrected chi connectivity index (χ1v) is 21.7. The first-order chi connectivity index (χ1) is 30.1. The fourth-order valence-electron chi connectivity index (χ4n) is 7.52. The average Bonchev–Trinajstić information content (AvgIpc) is 3.23. The average molecular weight is 875 g/mol. The number of phenols is 1. The maximum atomic E-state index is 14.6. The first kappa shape index (κ1) is 49.4. The number of carboxylic acid groups (broad SMARTS) is 1. The van der Waals surface area contributed by atoms with E-state index in [2.05, 4.69) is 28.2 Å². The van der Waals surface area contributed by atoms with Gasteiger partial charge in [0, 0.05) is 25.3 Å². The van der Waals surface area contributed by atoms with Gasteiger partial charge in [-0.3, -0.25) is 29.3 Å². The number of unbranched alkanes of at least 4 members (excludes halogenated alkanes) is 8. The molecular formula is C46H62N6O11. The van der Waals surface area contributed by atoms with Gasteiger partial charge in [0.25, 0.3) is 0 Å². The zero-order valence-electron chi connectivity index (χ0n) is 36.5. The summed E-state index contributed by atoms with van der Waals surface area (Å²) >= 11 is 0. The summed E-state index contributed by atoms with van der Waals surface area (Å²) < 4.78 is 11.4. The van der Waals surface area contributed by atoms with Gasteiger partial charge in [-0.1, -0.05) is 109 Å². The van der Waals surface area contributed by atoms with Crippen molar-refractivity contribution in [2.75, 3.05) is 7.11 Å². The molecule has 8 N–H and O–H groups in total. The third-order valence-corrected chi connectivity index (χ3v) is 10.8. The van der Waals surface area contributed by atoms with Crippen molar-refractivity contribution >= 4 is 35.3 Å². The zero-order chi connectivity index (χ0) is 46.1. The van der Waals surface area contributed by atoms with Crippen molar-refractivity contribution in [2.24, 2.45) is 11.7 Å². The van der Waals surface area contributed by atoms with Crippen molar-refractivity contribution in [1.82, 2.24) is 21.3 Å². The van der Waals surface area contributed by atoms with Crippen molar-refractivity contribution < 1.29 is 48.6 Å². The molecule has 2 heterocycles. The number of methoxy groups -OCH3 is 1. The maximum Gasteiger partial charge on any atom is 0.328 e. The summed E-state index contributed by atoms with van der Waals surface area (Å²) in [4.78, 5) is 80.6. The number of rotatable bonds is 21. The smallest absolute Gasteiger partial charge is 0.328 e. The minimum absolute atomic E-state index is 0.00277. The minimum Gasteiger partial charge on any atom is -0.504 e. The van der Waals surface area contributed by atoms with Crippen LogP contribution in [0.4, 0.5) is 5.69 Å². The Balaban J connectivity index is 1.80. The number of nitrogens with one attached hydrogen (secondary N) is 4. The number of aliphatic carboxylic acids is 1. The second-order valence-corrected chi connectivity index (χ2v) is 16.4. The molecule has 0 spiro atoms. The molecule has 5 rings (SSSR count). The number of nitrogens with two attached hydrogens (primary N) is 1. The van der Waals surface area contributed by atoms with Crippen LogP contribution in [0.1, 0.15) is 114 Å². The van der Waals surface area contributed by atoms with E-state index in [1.807, 2.05) is 13.8 Å². The lowest BCUT2D eigenvalue weighted by atomic mass is 9.96. The van der Waals surface area contributed by atoms with E-state index in [4.69, 9.17) is 15.2 Å². The molecule has 17 heteroatoms. The second-order valence-electron chi connectivity index (χ2n) is 16.4. The van der Waals surface area contributed by atoms with Crippen LogP contribution in [0.5, 0.6) is 23.0 Å². The molecular weight excluding hydrogens is 813 g/mol. The summed E-state index contributed by atoms with van der Waals surface area (Å²) in [5.74, 6) is -5.91. The number of ether oxygens (including phenoxy) is 2. The number of amides is 4. The number of nitrogens with zero attached hydrogens (tertiary/aromatic N) is 1. The highest BCUT2D eigenvalue weighted by Crippen LogP contribution is 2.44. The normalized spacial score (nSPS) is 17.5. The fourth-order valence-corrected chi connectivity index (χ4v) is 7.52. The van der Waals surface area contributed by atoms with Gasteiger partial charge in [-0.05, 0) is 53.6 Å². The molecule has 17 nitrogen and oxygen atoms in total. The Hall–Kier alpha value is -6.23. The molecule has 2 aliphatic heterocycles. The number of phenolic OH excluding ortho intramolecular Hbond substituents is 1. The first-order valence-electron chi connectivity index (χ1n) is 21.7. The highest BCUT2D eigenvalue weighted by atomic mass is 16.6.